The first kappa shape index (κ1) is 24.7. The zero-order valence-corrected chi connectivity index (χ0v) is 19.8. The Kier molecular flexibility index (Phi) is 10.2. The fourth-order valence-corrected chi connectivity index (χ4v) is 3.92. The van der Waals surface area contributed by atoms with Crippen molar-refractivity contribution >= 4 is 12.1 Å². The van der Waals surface area contributed by atoms with Crippen LogP contribution < -0.4 is 5.32 Å². The number of hydrogen-bond donors (Lipinski definition) is 1. The average molecular weight is 426 g/mol. The van der Waals surface area contributed by atoms with E-state index in [4.69, 9.17) is 14.5 Å². The zero-order chi connectivity index (χ0) is 22.0. The molecule has 2 aliphatic heterocycles. The molecule has 2 rings (SSSR count). The number of nitrogens with zero attached hydrogens (tertiary/aromatic N) is 4. The highest BCUT2D eigenvalue weighted by Gasteiger charge is 2.27. The van der Waals surface area contributed by atoms with Gasteiger partial charge in [0.1, 0.15) is 5.60 Å². The first-order valence-electron chi connectivity index (χ1n) is 11.6. The van der Waals surface area contributed by atoms with Crippen molar-refractivity contribution in [2.75, 3.05) is 72.1 Å². The molecule has 0 aromatic heterocycles. The van der Waals surface area contributed by atoms with E-state index in [2.05, 4.69) is 29.0 Å². The average Bonchev–Trinajstić information content (AvgIpc) is 3.14. The standard InChI is InChI=1S/C22H43N5O3/c1-6-10-26(21(28)30-22(3,4)5)12-9-24-20(23-7-2)27-11-8-19(18-27)17-25-13-15-29-16-14-25/h19H,6-18H2,1-5H3,(H,23,24). The lowest BCUT2D eigenvalue weighted by atomic mass is 10.1. The molecule has 1 unspecified atom stereocenters. The number of ether oxygens (including phenoxy) is 2. The van der Waals surface area contributed by atoms with Crippen LogP contribution in [0.5, 0.6) is 0 Å². The van der Waals surface area contributed by atoms with E-state index < -0.39 is 5.60 Å². The second-order valence-electron chi connectivity index (χ2n) is 9.22. The van der Waals surface area contributed by atoms with Crippen LogP contribution in [0.25, 0.3) is 0 Å². The summed E-state index contributed by atoms with van der Waals surface area (Å²) in [6.07, 6.45) is 1.84. The Bertz CT molecular complexity index is 543. The Morgan fingerprint density at radius 2 is 1.93 bits per heavy atom. The topological polar surface area (TPSA) is 69.6 Å². The minimum absolute atomic E-state index is 0.253. The van der Waals surface area contributed by atoms with Crippen molar-refractivity contribution in [3.8, 4) is 0 Å². The monoisotopic (exact) mass is 425 g/mol. The largest absolute Gasteiger partial charge is 0.444 e. The van der Waals surface area contributed by atoms with Gasteiger partial charge in [-0.2, -0.15) is 0 Å². The summed E-state index contributed by atoms with van der Waals surface area (Å²) in [4.78, 5) is 23.9. The number of nitrogens with one attached hydrogen (secondary N) is 1. The molecule has 0 spiro atoms. The summed E-state index contributed by atoms with van der Waals surface area (Å²) in [5.41, 5.74) is -0.480. The molecule has 30 heavy (non-hydrogen) atoms. The molecule has 2 heterocycles. The molecule has 1 amide bonds. The number of morpholine rings is 1. The van der Waals surface area contributed by atoms with Gasteiger partial charge in [0.05, 0.1) is 19.8 Å². The molecule has 1 atom stereocenters. The van der Waals surface area contributed by atoms with Crippen molar-refractivity contribution in [3.05, 3.63) is 0 Å². The van der Waals surface area contributed by atoms with Crippen molar-refractivity contribution in [1.82, 2.24) is 20.0 Å². The lowest BCUT2D eigenvalue weighted by Crippen LogP contribution is -2.43. The highest BCUT2D eigenvalue weighted by atomic mass is 16.6. The Labute approximate surface area is 183 Å². The second-order valence-corrected chi connectivity index (χ2v) is 9.22. The Morgan fingerprint density at radius 3 is 2.57 bits per heavy atom. The van der Waals surface area contributed by atoms with Gasteiger partial charge in [-0.3, -0.25) is 9.89 Å². The highest BCUT2D eigenvalue weighted by Crippen LogP contribution is 2.18. The molecular weight excluding hydrogens is 382 g/mol. The molecule has 8 nitrogen and oxygen atoms in total. The molecule has 174 valence electrons. The van der Waals surface area contributed by atoms with Gasteiger partial charge in [0, 0.05) is 52.4 Å². The first-order chi connectivity index (χ1) is 14.3. The van der Waals surface area contributed by atoms with Crippen molar-refractivity contribution in [2.24, 2.45) is 10.9 Å². The Morgan fingerprint density at radius 1 is 1.20 bits per heavy atom. The van der Waals surface area contributed by atoms with E-state index >= 15 is 0 Å². The molecule has 8 heteroatoms. The predicted molar refractivity (Wildman–Crippen MR) is 121 cm³/mol. The van der Waals surface area contributed by atoms with Crippen LogP contribution in [0.2, 0.25) is 0 Å². The van der Waals surface area contributed by atoms with Gasteiger partial charge in [-0.25, -0.2) is 4.79 Å². The van der Waals surface area contributed by atoms with E-state index in [0.29, 0.717) is 25.6 Å². The summed E-state index contributed by atoms with van der Waals surface area (Å²) in [6.45, 7) is 19.6. The van der Waals surface area contributed by atoms with Crippen LogP contribution in [0.3, 0.4) is 0 Å². The van der Waals surface area contributed by atoms with E-state index in [9.17, 15) is 4.79 Å². The van der Waals surface area contributed by atoms with Crippen molar-refractivity contribution in [2.45, 2.75) is 53.1 Å². The van der Waals surface area contributed by atoms with Crippen molar-refractivity contribution < 1.29 is 14.3 Å². The molecule has 2 aliphatic rings. The van der Waals surface area contributed by atoms with E-state index in [1.54, 1.807) is 4.90 Å². The minimum atomic E-state index is -0.480. The highest BCUT2D eigenvalue weighted by molar-refractivity contribution is 5.80. The summed E-state index contributed by atoms with van der Waals surface area (Å²) in [5, 5.41) is 3.43. The van der Waals surface area contributed by atoms with Crippen LogP contribution in [0, 0.1) is 5.92 Å². The summed E-state index contributed by atoms with van der Waals surface area (Å²) < 4.78 is 11.0. The minimum Gasteiger partial charge on any atom is -0.444 e. The molecule has 0 aromatic rings. The second kappa shape index (κ2) is 12.3. The fraction of sp³-hybridized carbons (Fsp3) is 0.909. The van der Waals surface area contributed by atoms with Gasteiger partial charge in [0.25, 0.3) is 0 Å². The number of likely N-dealkylation sites (tertiary alicyclic amines) is 1. The predicted octanol–water partition coefficient (Wildman–Crippen LogP) is 2.25. The molecule has 1 N–H and O–H groups in total. The summed E-state index contributed by atoms with van der Waals surface area (Å²) in [7, 11) is 0. The van der Waals surface area contributed by atoms with Crippen molar-refractivity contribution in [3.63, 3.8) is 0 Å². The van der Waals surface area contributed by atoms with Gasteiger partial charge in [-0.15, -0.1) is 0 Å². The van der Waals surface area contributed by atoms with Crippen LogP contribution in [0.15, 0.2) is 4.99 Å². The third kappa shape index (κ3) is 8.68. The number of rotatable bonds is 8. The normalized spacial score (nSPS) is 21.0. The lowest BCUT2D eigenvalue weighted by molar-refractivity contribution is 0.0255. The number of hydrogen-bond acceptors (Lipinski definition) is 5. The van der Waals surface area contributed by atoms with Gasteiger partial charge in [0.15, 0.2) is 5.96 Å². The van der Waals surface area contributed by atoms with Crippen LogP contribution in [0.4, 0.5) is 4.79 Å². The molecular formula is C22H43N5O3. The maximum Gasteiger partial charge on any atom is 0.410 e. The first-order valence-corrected chi connectivity index (χ1v) is 11.6. The van der Waals surface area contributed by atoms with E-state index in [0.717, 1.165) is 64.9 Å². The fourth-order valence-electron chi connectivity index (χ4n) is 3.92. The van der Waals surface area contributed by atoms with E-state index in [1.807, 2.05) is 20.8 Å². The van der Waals surface area contributed by atoms with Gasteiger partial charge < -0.3 is 24.6 Å². The number of guanidine groups is 1. The van der Waals surface area contributed by atoms with Crippen LogP contribution in [-0.4, -0.2) is 104 Å². The molecule has 0 aliphatic carbocycles. The summed E-state index contributed by atoms with van der Waals surface area (Å²) in [6, 6.07) is 0. The van der Waals surface area contributed by atoms with Crippen LogP contribution in [-0.2, 0) is 9.47 Å². The molecule has 0 saturated carbocycles. The molecule has 0 radical (unpaired) electrons. The Hall–Kier alpha value is -1.54. The van der Waals surface area contributed by atoms with Crippen LogP contribution >= 0.6 is 0 Å². The molecule has 2 fully saturated rings. The number of carbonyl (C=O) groups excluding carboxylic acids is 1. The summed E-state index contributed by atoms with van der Waals surface area (Å²) in [5.74, 6) is 1.63. The number of amides is 1. The smallest absolute Gasteiger partial charge is 0.410 e. The number of aliphatic imine (C=N–C) groups is 1. The zero-order valence-electron chi connectivity index (χ0n) is 19.8. The van der Waals surface area contributed by atoms with E-state index in [1.165, 1.54) is 6.42 Å². The SMILES string of the molecule is CCCN(CCN=C(NCC)N1CCC(CN2CCOCC2)C1)C(=O)OC(C)(C)C. The molecule has 0 aromatic carbocycles. The van der Waals surface area contributed by atoms with Gasteiger partial charge in [0.2, 0.25) is 0 Å². The van der Waals surface area contributed by atoms with Gasteiger partial charge in [-0.1, -0.05) is 6.92 Å². The Balaban J connectivity index is 1.87. The third-order valence-corrected chi connectivity index (χ3v) is 5.32. The van der Waals surface area contributed by atoms with Crippen molar-refractivity contribution in [1.29, 1.82) is 0 Å². The molecule has 2 saturated heterocycles. The van der Waals surface area contributed by atoms with Crippen LogP contribution in [0.1, 0.15) is 47.5 Å². The van der Waals surface area contributed by atoms with Gasteiger partial charge in [-0.05, 0) is 46.5 Å². The maximum absolute atomic E-state index is 12.5. The number of carbonyl (C=O) groups is 1. The quantitative estimate of drug-likeness (QED) is 0.475. The summed E-state index contributed by atoms with van der Waals surface area (Å²) >= 11 is 0. The third-order valence-electron chi connectivity index (χ3n) is 5.32. The van der Waals surface area contributed by atoms with Gasteiger partial charge >= 0.3 is 6.09 Å². The lowest BCUT2D eigenvalue weighted by Gasteiger charge is -2.29. The maximum atomic E-state index is 12.5. The van der Waals surface area contributed by atoms with E-state index in [-0.39, 0.29) is 6.09 Å². The molecule has 0 bridgehead atoms.